The molecular formula is C26H34O19. The van der Waals surface area contributed by atoms with E-state index in [1.165, 1.54) is 7.11 Å². The monoisotopic (exact) mass is 650 g/mol. The second-order valence-corrected chi connectivity index (χ2v) is 7.10. The molecule has 0 bridgehead atoms. The van der Waals surface area contributed by atoms with Crippen LogP contribution in [0.1, 0.15) is 0 Å². The maximum absolute atomic E-state index is 11.7. The minimum absolute atomic E-state index is 0.365. The fourth-order valence-electron chi connectivity index (χ4n) is 1.64. The number of carboxylic acid groups (broad SMARTS) is 1. The molecule has 0 rings (SSSR count). The third kappa shape index (κ3) is 31.4. The Balaban J connectivity index is -0.000000959. The van der Waals surface area contributed by atoms with Crippen LogP contribution in [0.25, 0.3) is 0 Å². The smallest absolute Gasteiger partial charge is 0.331 e. The molecule has 0 aliphatic carbocycles. The van der Waals surface area contributed by atoms with Crippen molar-refractivity contribution < 1.29 is 91.9 Å². The van der Waals surface area contributed by atoms with Crippen LogP contribution in [0.5, 0.6) is 0 Å². The molecule has 0 aliphatic rings. The molecule has 0 aromatic rings. The van der Waals surface area contributed by atoms with Crippen molar-refractivity contribution >= 4 is 47.8 Å². The number of aliphatic hydroxyl groups is 3. The van der Waals surface area contributed by atoms with E-state index >= 15 is 0 Å². The fourth-order valence-corrected chi connectivity index (χ4v) is 1.64. The number of esters is 7. The first-order valence-electron chi connectivity index (χ1n) is 11.9. The number of carbonyl (C=O) groups is 8. The van der Waals surface area contributed by atoms with E-state index in [0.717, 1.165) is 63.9 Å². The van der Waals surface area contributed by atoms with Gasteiger partial charge in [0, 0.05) is 48.6 Å². The molecule has 0 saturated carbocycles. The Labute approximate surface area is 255 Å². The molecular weight excluding hydrogens is 616 g/mol. The number of carbonyl (C=O) groups excluding carboxylic acids is 7. The average Bonchev–Trinajstić information content (AvgIpc) is 3.04. The highest BCUT2D eigenvalue weighted by molar-refractivity contribution is 5.93. The Morgan fingerprint density at radius 1 is 0.511 bits per heavy atom. The lowest BCUT2D eigenvalue weighted by Crippen LogP contribution is -2.30. The highest BCUT2D eigenvalue weighted by Crippen LogP contribution is 2.00. The summed E-state index contributed by atoms with van der Waals surface area (Å²) < 4.78 is 31.5. The number of aliphatic hydroxyl groups excluding tert-OH is 3. The Hall–Kier alpha value is -5.40. The summed E-state index contributed by atoms with van der Waals surface area (Å²) in [4.78, 5) is 87.6. The van der Waals surface area contributed by atoms with Gasteiger partial charge in [0.2, 0.25) is 0 Å². The molecule has 19 nitrogen and oxygen atoms in total. The Morgan fingerprint density at radius 2 is 0.800 bits per heavy atom. The third-order valence-corrected chi connectivity index (χ3v) is 3.76. The van der Waals surface area contributed by atoms with Gasteiger partial charge in [0.05, 0.1) is 41.7 Å². The van der Waals surface area contributed by atoms with Crippen molar-refractivity contribution in [2.45, 2.75) is 12.2 Å². The van der Waals surface area contributed by atoms with E-state index < -0.39 is 73.2 Å². The zero-order valence-electron chi connectivity index (χ0n) is 24.5. The van der Waals surface area contributed by atoms with Crippen LogP contribution < -0.4 is 0 Å². The van der Waals surface area contributed by atoms with E-state index in [-0.39, 0.29) is 13.2 Å². The van der Waals surface area contributed by atoms with Gasteiger partial charge < -0.3 is 53.6 Å². The van der Waals surface area contributed by atoms with E-state index in [2.05, 4.69) is 18.9 Å². The van der Waals surface area contributed by atoms with Crippen LogP contribution in [0.3, 0.4) is 0 Å². The van der Waals surface area contributed by atoms with Gasteiger partial charge in [-0.2, -0.15) is 0 Å². The number of ether oxygens (including phenoxy) is 7. The first-order chi connectivity index (χ1) is 21.2. The average molecular weight is 651 g/mol. The fraction of sp³-hybridized carbons (Fsp3) is 0.385. The van der Waals surface area contributed by atoms with E-state index in [9.17, 15) is 38.4 Å². The second-order valence-electron chi connectivity index (χ2n) is 7.10. The van der Waals surface area contributed by atoms with Crippen molar-refractivity contribution in [3.05, 3.63) is 48.6 Å². The number of carboxylic acids is 1. The van der Waals surface area contributed by atoms with Crippen molar-refractivity contribution in [2.24, 2.45) is 0 Å². The highest BCUT2D eigenvalue weighted by atomic mass is 16.6. The number of rotatable bonds is 15. The van der Waals surface area contributed by atoms with Crippen LogP contribution in [-0.4, -0.2) is 135 Å². The van der Waals surface area contributed by atoms with Crippen molar-refractivity contribution in [1.82, 2.24) is 0 Å². The molecule has 0 aliphatic heterocycles. The van der Waals surface area contributed by atoms with Gasteiger partial charge in [-0.15, -0.1) is 0 Å². The maximum Gasteiger partial charge on any atom is 0.331 e. The normalized spacial score (nSPS) is 10.4. The van der Waals surface area contributed by atoms with Crippen LogP contribution in [0.4, 0.5) is 0 Å². The maximum atomic E-state index is 11.7. The molecule has 19 heteroatoms. The number of hydrogen-bond donors (Lipinski definition) is 4. The summed E-state index contributed by atoms with van der Waals surface area (Å²) in [6, 6.07) is 0. The Kier molecular flexibility index (Phi) is 28.1. The zero-order chi connectivity index (χ0) is 35.2. The molecule has 0 amide bonds. The molecule has 0 spiro atoms. The quantitative estimate of drug-likeness (QED) is 0.0797. The lowest BCUT2D eigenvalue weighted by atomic mass is 10.4. The van der Waals surface area contributed by atoms with Crippen molar-refractivity contribution in [1.29, 1.82) is 0 Å². The lowest BCUT2D eigenvalue weighted by molar-refractivity contribution is -0.160. The minimum atomic E-state index is -1.27. The van der Waals surface area contributed by atoms with E-state index in [4.69, 9.17) is 34.6 Å². The van der Waals surface area contributed by atoms with Gasteiger partial charge >= 0.3 is 47.8 Å². The largest absolute Gasteiger partial charge is 0.478 e. The molecule has 0 atom stereocenters. The SMILES string of the molecule is COC(=O)/C=C/C(=O)O.COC(=O)/C=C/C(=O)OCC(COC(=O)/C=C/C(=O)OC)OC(=O)/C=C/C(=O)OC.OCC(O)CO. The molecule has 0 saturated heterocycles. The molecule has 0 aromatic heterocycles. The first kappa shape index (κ1) is 44.0. The summed E-state index contributed by atoms with van der Waals surface area (Å²) in [5.74, 6) is -7.21. The van der Waals surface area contributed by atoms with Crippen molar-refractivity contribution in [3.63, 3.8) is 0 Å². The number of hydrogen-bond acceptors (Lipinski definition) is 18. The molecule has 0 radical (unpaired) electrons. The summed E-state index contributed by atoms with van der Waals surface area (Å²) in [5.41, 5.74) is 0. The van der Waals surface area contributed by atoms with Crippen LogP contribution in [0.2, 0.25) is 0 Å². The van der Waals surface area contributed by atoms with Gasteiger partial charge in [0.15, 0.2) is 6.10 Å². The summed E-state index contributed by atoms with van der Waals surface area (Å²) in [6.45, 7) is -1.85. The van der Waals surface area contributed by atoms with Crippen LogP contribution in [0, 0.1) is 0 Å². The van der Waals surface area contributed by atoms with Crippen molar-refractivity contribution in [3.8, 4) is 0 Å². The summed E-state index contributed by atoms with van der Waals surface area (Å²) in [6.07, 6.45) is 4.01. The van der Waals surface area contributed by atoms with Gasteiger partial charge in [-0.1, -0.05) is 0 Å². The van der Waals surface area contributed by atoms with E-state index in [0.29, 0.717) is 6.08 Å². The number of methoxy groups -OCH3 is 4. The molecule has 0 unspecified atom stereocenters. The molecule has 4 N–H and O–H groups in total. The summed E-state index contributed by atoms with van der Waals surface area (Å²) in [5, 5.41) is 32.0. The zero-order valence-corrected chi connectivity index (χ0v) is 24.5. The van der Waals surface area contributed by atoms with E-state index in [1.807, 2.05) is 0 Å². The van der Waals surface area contributed by atoms with E-state index in [1.54, 1.807) is 0 Å². The van der Waals surface area contributed by atoms with Gasteiger partial charge in [-0.05, 0) is 0 Å². The topological polar surface area (TPSA) is 282 Å². The molecule has 45 heavy (non-hydrogen) atoms. The molecule has 0 aromatic carbocycles. The van der Waals surface area contributed by atoms with Crippen LogP contribution >= 0.6 is 0 Å². The Morgan fingerprint density at radius 3 is 1.07 bits per heavy atom. The minimum Gasteiger partial charge on any atom is -0.478 e. The summed E-state index contributed by atoms with van der Waals surface area (Å²) >= 11 is 0. The highest BCUT2D eigenvalue weighted by Gasteiger charge is 2.18. The standard InChI is InChI=1S/C18H20O12.C5H6O4.C3H8O3/c1-25-13(19)4-7-16(22)28-10-12(30-18(24)9-6-15(21)27-3)11-29-17(23)8-5-14(20)26-2;1-9-5(8)3-2-4(6)7;4-1-3(6)2-5/h4-9,12H,10-11H2,1-3H3;2-3H,1H3,(H,6,7);3-6H,1-2H2/b7-4+,8-5+,9-6+;3-2+;. The molecule has 0 fully saturated rings. The Bertz CT molecular complexity index is 1040. The first-order valence-corrected chi connectivity index (χ1v) is 11.9. The predicted molar refractivity (Wildman–Crippen MR) is 144 cm³/mol. The number of aliphatic carboxylic acids is 1. The predicted octanol–water partition coefficient (Wildman–Crippen LogP) is -2.70. The lowest BCUT2D eigenvalue weighted by Gasteiger charge is -2.16. The molecule has 0 heterocycles. The van der Waals surface area contributed by atoms with Crippen molar-refractivity contribution in [2.75, 3.05) is 54.9 Å². The van der Waals surface area contributed by atoms with Gasteiger partial charge in [-0.3, -0.25) is 0 Å². The molecule has 252 valence electrons. The van der Waals surface area contributed by atoms with Gasteiger partial charge in [-0.25, -0.2) is 38.4 Å². The van der Waals surface area contributed by atoms with Gasteiger partial charge in [0.25, 0.3) is 0 Å². The van der Waals surface area contributed by atoms with Crippen LogP contribution in [0.15, 0.2) is 48.6 Å². The van der Waals surface area contributed by atoms with Crippen LogP contribution in [-0.2, 0) is 71.5 Å². The summed E-state index contributed by atoms with van der Waals surface area (Å²) in [7, 11) is 4.49. The third-order valence-electron chi connectivity index (χ3n) is 3.76. The van der Waals surface area contributed by atoms with Gasteiger partial charge in [0.1, 0.15) is 19.3 Å². The second kappa shape index (κ2) is 28.7.